The second-order valence-electron chi connectivity index (χ2n) is 4.20. The maximum absolute atomic E-state index is 6.11. The van der Waals surface area contributed by atoms with Crippen LogP contribution in [0.5, 0.6) is 0 Å². The minimum atomic E-state index is 0.684. The number of benzene rings is 1. The van der Waals surface area contributed by atoms with Crippen LogP contribution in [-0.4, -0.2) is 18.9 Å². The maximum atomic E-state index is 6.11. The average Bonchev–Trinajstić information content (AvgIpc) is 2.33. The number of hydrogen-bond acceptors (Lipinski definition) is 2. The van der Waals surface area contributed by atoms with E-state index >= 15 is 0 Å². The van der Waals surface area contributed by atoms with Gasteiger partial charge in [0, 0.05) is 29.6 Å². The van der Waals surface area contributed by atoms with E-state index < -0.39 is 0 Å². The largest absolute Gasteiger partial charge is 0.374 e. The van der Waals surface area contributed by atoms with E-state index in [2.05, 4.69) is 10.3 Å². The molecule has 1 N–H and O–H groups in total. The molecule has 0 saturated carbocycles. The number of rotatable bonds is 3. The molecule has 0 atom stereocenters. The van der Waals surface area contributed by atoms with Gasteiger partial charge in [-0.2, -0.15) is 0 Å². The second kappa shape index (κ2) is 6.27. The van der Waals surface area contributed by atoms with Crippen LogP contribution in [0.2, 0.25) is 10.0 Å². The summed E-state index contributed by atoms with van der Waals surface area (Å²) in [6.07, 6.45) is 4.44. The topological polar surface area (TPSA) is 24.4 Å². The summed E-state index contributed by atoms with van der Waals surface area (Å²) in [5.74, 6) is 1.14. The summed E-state index contributed by atoms with van der Waals surface area (Å²) < 4.78 is 0. The monoisotopic (exact) mass is 270 g/mol. The van der Waals surface area contributed by atoms with Crippen LogP contribution in [0.4, 0.5) is 0 Å². The summed E-state index contributed by atoms with van der Waals surface area (Å²) >= 11 is 12.0. The van der Waals surface area contributed by atoms with Crippen LogP contribution in [0, 0.1) is 0 Å². The Labute approximate surface area is 112 Å². The molecule has 2 rings (SSSR count). The van der Waals surface area contributed by atoms with Crippen molar-refractivity contribution in [1.29, 1.82) is 0 Å². The third-order valence-corrected chi connectivity index (χ3v) is 3.45. The molecule has 0 spiro atoms. The number of halogens is 2. The molecule has 2 nitrogen and oxygen atoms in total. The Hall–Kier alpha value is -0.730. The Bertz CT molecular complexity index is 416. The molecular weight excluding hydrogens is 255 g/mol. The van der Waals surface area contributed by atoms with Crippen LogP contribution in [0.3, 0.4) is 0 Å². The molecule has 0 amide bonds. The Balaban J connectivity index is 1.83. The Morgan fingerprint density at radius 2 is 2.12 bits per heavy atom. The van der Waals surface area contributed by atoms with Gasteiger partial charge in [-0.25, -0.2) is 0 Å². The van der Waals surface area contributed by atoms with E-state index in [1.807, 2.05) is 12.1 Å². The van der Waals surface area contributed by atoms with Crippen LogP contribution in [-0.2, 0) is 6.42 Å². The number of hydrogen-bond donors (Lipinski definition) is 1. The lowest BCUT2D eigenvalue weighted by Gasteiger charge is -2.14. The van der Waals surface area contributed by atoms with Crippen molar-refractivity contribution in [2.24, 2.45) is 4.99 Å². The number of amidine groups is 1. The first-order chi connectivity index (χ1) is 8.25. The van der Waals surface area contributed by atoms with Crippen LogP contribution in [0.1, 0.15) is 24.8 Å². The van der Waals surface area contributed by atoms with Crippen LogP contribution in [0.15, 0.2) is 23.2 Å². The molecule has 92 valence electrons. The van der Waals surface area contributed by atoms with Gasteiger partial charge in [0.1, 0.15) is 0 Å². The van der Waals surface area contributed by atoms with Crippen molar-refractivity contribution in [3.63, 3.8) is 0 Å². The van der Waals surface area contributed by atoms with Crippen LogP contribution in [0.25, 0.3) is 0 Å². The smallest absolute Gasteiger partial charge is 0.0963 e. The van der Waals surface area contributed by atoms with Gasteiger partial charge in [0.15, 0.2) is 0 Å². The zero-order chi connectivity index (χ0) is 12.1. The Kier molecular flexibility index (Phi) is 4.69. The van der Waals surface area contributed by atoms with Crippen molar-refractivity contribution >= 4 is 29.0 Å². The van der Waals surface area contributed by atoms with Gasteiger partial charge in [-0.15, -0.1) is 0 Å². The van der Waals surface area contributed by atoms with Gasteiger partial charge >= 0.3 is 0 Å². The minimum absolute atomic E-state index is 0.684. The molecular formula is C13H16Cl2N2. The van der Waals surface area contributed by atoms with E-state index in [1.165, 1.54) is 12.8 Å². The Morgan fingerprint density at radius 3 is 2.82 bits per heavy atom. The third-order valence-electron chi connectivity index (χ3n) is 2.86. The molecule has 1 heterocycles. The van der Waals surface area contributed by atoms with Crippen molar-refractivity contribution < 1.29 is 0 Å². The van der Waals surface area contributed by atoms with Gasteiger partial charge < -0.3 is 5.32 Å². The quantitative estimate of drug-likeness (QED) is 0.890. The minimum Gasteiger partial charge on any atom is -0.374 e. The highest BCUT2D eigenvalue weighted by atomic mass is 35.5. The zero-order valence-corrected chi connectivity index (χ0v) is 11.2. The average molecular weight is 271 g/mol. The Morgan fingerprint density at radius 1 is 1.24 bits per heavy atom. The van der Waals surface area contributed by atoms with E-state index in [-0.39, 0.29) is 0 Å². The molecule has 1 aliphatic rings. The molecule has 1 aliphatic heterocycles. The SMILES string of the molecule is Clc1ccc(CCNC2=NCCCC2)c(Cl)c1. The van der Waals surface area contributed by atoms with Crippen molar-refractivity contribution in [3.8, 4) is 0 Å². The van der Waals surface area contributed by atoms with Crippen LogP contribution >= 0.6 is 23.2 Å². The first-order valence-electron chi connectivity index (χ1n) is 5.97. The highest BCUT2D eigenvalue weighted by Crippen LogP contribution is 2.21. The molecule has 17 heavy (non-hydrogen) atoms. The number of nitrogens with one attached hydrogen (secondary N) is 1. The first kappa shape index (κ1) is 12.7. The summed E-state index contributed by atoms with van der Waals surface area (Å²) in [4.78, 5) is 4.45. The maximum Gasteiger partial charge on any atom is 0.0963 e. The summed E-state index contributed by atoms with van der Waals surface area (Å²) in [6, 6.07) is 5.65. The summed E-state index contributed by atoms with van der Waals surface area (Å²) in [5.41, 5.74) is 1.12. The molecule has 0 aromatic heterocycles. The molecule has 4 heteroatoms. The zero-order valence-electron chi connectivity index (χ0n) is 9.68. The van der Waals surface area contributed by atoms with Crippen molar-refractivity contribution in [2.75, 3.05) is 13.1 Å². The fraction of sp³-hybridized carbons (Fsp3) is 0.462. The highest BCUT2D eigenvalue weighted by Gasteiger charge is 2.05. The summed E-state index contributed by atoms with van der Waals surface area (Å²) in [5, 5.41) is 4.79. The van der Waals surface area contributed by atoms with E-state index in [4.69, 9.17) is 23.2 Å². The lowest BCUT2D eigenvalue weighted by molar-refractivity contribution is 0.704. The van der Waals surface area contributed by atoms with Gasteiger partial charge in [0.25, 0.3) is 0 Å². The lowest BCUT2D eigenvalue weighted by Crippen LogP contribution is -2.27. The third kappa shape index (κ3) is 3.90. The summed E-state index contributed by atoms with van der Waals surface area (Å²) in [6.45, 7) is 1.84. The highest BCUT2D eigenvalue weighted by molar-refractivity contribution is 6.35. The first-order valence-corrected chi connectivity index (χ1v) is 6.72. The van der Waals surface area contributed by atoms with E-state index in [0.29, 0.717) is 5.02 Å². The molecule has 0 saturated heterocycles. The van der Waals surface area contributed by atoms with Crippen molar-refractivity contribution in [3.05, 3.63) is 33.8 Å². The molecule has 0 radical (unpaired) electrons. The second-order valence-corrected chi connectivity index (χ2v) is 5.04. The molecule has 1 aromatic carbocycles. The lowest BCUT2D eigenvalue weighted by atomic mass is 10.1. The van der Waals surface area contributed by atoms with Gasteiger partial charge in [-0.1, -0.05) is 29.3 Å². The van der Waals surface area contributed by atoms with Gasteiger partial charge in [0.2, 0.25) is 0 Å². The van der Waals surface area contributed by atoms with Gasteiger partial charge in [0.05, 0.1) is 5.84 Å². The normalized spacial score (nSPS) is 15.5. The molecule has 0 bridgehead atoms. The summed E-state index contributed by atoms with van der Waals surface area (Å²) in [7, 11) is 0. The van der Waals surface area contributed by atoms with E-state index in [9.17, 15) is 0 Å². The standard InChI is InChI=1S/C13H16Cl2N2/c14-11-5-4-10(12(15)9-11)6-8-17-13-3-1-2-7-16-13/h4-5,9H,1-3,6-8H2,(H,16,17). The predicted molar refractivity (Wildman–Crippen MR) is 74.3 cm³/mol. The van der Waals surface area contributed by atoms with E-state index in [1.54, 1.807) is 6.07 Å². The van der Waals surface area contributed by atoms with Crippen molar-refractivity contribution in [2.45, 2.75) is 25.7 Å². The predicted octanol–water partition coefficient (Wildman–Crippen LogP) is 3.71. The molecule has 0 aliphatic carbocycles. The number of aliphatic imine (C=N–C) groups is 1. The fourth-order valence-electron chi connectivity index (χ4n) is 1.91. The van der Waals surface area contributed by atoms with Crippen molar-refractivity contribution in [1.82, 2.24) is 5.32 Å². The number of nitrogens with zero attached hydrogens (tertiary/aromatic N) is 1. The van der Waals surface area contributed by atoms with E-state index in [0.717, 1.165) is 42.4 Å². The van der Waals surface area contributed by atoms with Crippen LogP contribution < -0.4 is 5.32 Å². The molecule has 1 aromatic rings. The van der Waals surface area contributed by atoms with Gasteiger partial charge in [-0.05, 0) is 37.0 Å². The molecule has 0 unspecified atom stereocenters. The molecule has 0 fully saturated rings. The van der Waals surface area contributed by atoms with Gasteiger partial charge in [-0.3, -0.25) is 4.99 Å². The fourth-order valence-corrected chi connectivity index (χ4v) is 2.41.